The van der Waals surface area contributed by atoms with Crippen LogP contribution in [0.4, 0.5) is 0 Å². The third-order valence-corrected chi connectivity index (χ3v) is 4.34. The fourth-order valence-electron chi connectivity index (χ4n) is 2.58. The van der Waals surface area contributed by atoms with Gasteiger partial charge in [0.25, 0.3) is 0 Å². The quantitative estimate of drug-likeness (QED) is 0.879. The molecule has 1 fully saturated rings. The van der Waals surface area contributed by atoms with Gasteiger partial charge in [0, 0.05) is 19.1 Å². The van der Waals surface area contributed by atoms with Crippen molar-refractivity contribution in [3.8, 4) is 0 Å². The normalized spacial score (nSPS) is 17.4. The van der Waals surface area contributed by atoms with Gasteiger partial charge >= 0.3 is 0 Å². The predicted octanol–water partition coefficient (Wildman–Crippen LogP) is 3.56. The zero-order valence-electron chi connectivity index (χ0n) is 12.1. The van der Waals surface area contributed by atoms with Gasteiger partial charge < -0.3 is 10.2 Å². The lowest BCUT2D eigenvalue weighted by Gasteiger charge is -2.28. The van der Waals surface area contributed by atoms with E-state index in [1.165, 1.54) is 0 Å². The van der Waals surface area contributed by atoms with Crippen molar-refractivity contribution in [3.63, 3.8) is 0 Å². The zero-order valence-corrected chi connectivity index (χ0v) is 14.4. The Morgan fingerprint density at radius 3 is 2.71 bits per heavy atom. The Labute approximate surface area is 142 Å². The molecular weight excluding hydrogens is 331 g/mol. The summed E-state index contributed by atoms with van der Waals surface area (Å²) in [5, 5.41) is 4.34. The minimum atomic E-state index is 0. The molecule has 1 aliphatic heterocycles. The topological polar surface area (TPSA) is 32.3 Å². The summed E-state index contributed by atoms with van der Waals surface area (Å²) in [6.45, 7) is 4.80. The number of hydrogen-bond acceptors (Lipinski definition) is 2. The van der Waals surface area contributed by atoms with Crippen LogP contribution in [-0.2, 0) is 11.2 Å². The van der Waals surface area contributed by atoms with E-state index < -0.39 is 0 Å². The number of carbonyl (C=O) groups is 1. The van der Waals surface area contributed by atoms with Gasteiger partial charge in [0.05, 0.1) is 16.5 Å². The van der Waals surface area contributed by atoms with Crippen LogP contribution in [0.15, 0.2) is 18.2 Å². The second kappa shape index (κ2) is 8.84. The van der Waals surface area contributed by atoms with Crippen LogP contribution < -0.4 is 5.32 Å². The van der Waals surface area contributed by atoms with E-state index in [-0.39, 0.29) is 18.3 Å². The number of carbonyl (C=O) groups excluding carboxylic acids is 1. The van der Waals surface area contributed by atoms with Crippen molar-refractivity contribution in [2.24, 2.45) is 0 Å². The van der Waals surface area contributed by atoms with Gasteiger partial charge in [-0.15, -0.1) is 12.4 Å². The molecule has 1 saturated heterocycles. The summed E-state index contributed by atoms with van der Waals surface area (Å²) < 4.78 is 0. The van der Waals surface area contributed by atoms with Gasteiger partial charge in [-0.2, -0.15) is 0 Å². The molecule has 1 N–H and O–H groups in total. The number of amides is 1. The van der Waals surface area contributed by atoms with Crippen LogP contribution >= 0.6 is 35.6 Å². The Kier molecular flexibility index (Phi) is 7.82. The number of nitrogens with zero attached hydrogens (tertiary/aromatic N) is 1. The molecule has 1 unspecified atom stereocenters. The van der Waals surface area contributed by atoms with Crippen molar-refractivity contribution >= 4 is 41.5 Å². The number of halogens is 3. The molecule has 0 radical (unpaired) electrons. The number of rotatable bonds is 5. The van der Waals surface area contributed by atoms with Crippen molar-refractivity contribution in [3.05, 3.63) is 33.8 Å². The van der Waals surface area contributed by atoms with E-state index in [9.17, 15) is 4.79 Å². The second-order valence-corrected chi connectivity index (χ2v) is 5.97. The third kappa shape index (κ3) is 5.03. The molecule has 2 rings (SSSR count). The average Bonchev–Trinajstić information content (AvgIpc) is 2.94. The Morgan fingerprint density at radius 1 is 1.38 bits per heavy atom. The molecule has 1 aromatic rings. The highest BCUT2D eigenvalue weighted by Gasteiger charge is 2.25. The third-order valence-electron chi connectivity index (χ3n) is 3.60. The highest BCUT2D eigenvalue weighted by atomic mass is 35.5. The van der Waals surface area contributed by atoms with Crippen LogP contribution in [0.25, 0.3) is 0 Å². The summed E-state index contributed by atoms with van der Waals surface area (Å²) in [5.41, 5.74) is 0.913. The molecule has 0 spiro atoms. The molecule has 1 amide bonds. The van der Waals surface area contributed by atoms with Crippen LogP contribution in [-0.4, -0.2) is 36.5 Å². The van der Waals surface area contributed by atoms with Gasteiger partial charge in [-0.3, -0.25) is 4.79 Å². The zero-order chi connectivity index (χ0) is 14.5. The van der Waals surface area contributed by atoms with Crippen LogP contribution in [0.2, 0.25) is 10.0 Å². The first-order valence-electron chi connectivity index (χ1n) is 7.06. The molecule has 0 aromatic heterocycles. The van der Waals surface area contributed by atoms with E-state index in [0.29, 0.717) is 22.5 Å². The number of nitrogens with one attached hydrogen (secondary N) is 1. The molecule has 6 heteroatoms. The lowest BCUT2D eigenvalue weighted by molar-refractivity contribution is -0.132. The summed E-state index contributed by atoms with van der Waals surface area (Å²) in [4.78, 5) is 14.5. The Hall–Kier alpha value is -0.480. The van der Waals surface area contributed by atoms with E-state index in [1.54, 1.807) is 12.1 Å². The number of benzene rings is 1. The lowest BCUT2D eigenvalue weighted by Crippen LogP contribution is -2.42. The summed E-state index contributed by atoms with van der Waals surface area (Å²) >= 11 is 11.9. The molecule has 1 aliphatic rings. The second-order valence-electron chi connectivity index (χ2n) is 5.16. The van der Waals surface area contributed by atoms with Crippen molar-refractivity contribution in [2.75, 3.05) is 19.6 Å². The Morgan fingerprint density at radius 2 is 2.14 bits per heavy atom. The van der Waals surface area contributed by atoms with Crippen LogP contribution in [0.1, 0.15) is 25.3 Å². The summed E-state index contributed by atoms with van der Waals surface area (Å²) in [7, 11) is 0. The molecule has 1 heterocycles. The Bertz CT molecular complexity index is 476. The van der Waals surface area contributed by atoms with Gasteiger partial charge in [-0.05, 0) is 37.1 Å². The molecule has 3 nitrogen and oxygen atoms in total. The van der Waals surface area contributed by atoms with Gasteiger partial charge in [-0.25, -0.2) is 0 Å². The fraction of sp³-hybridized carbons (Fsp3) is 0.533. The van der Waals surface area contributed by atoms with Crippen LogP contribution in [0.5, 0.6) is 0 Å². The maximum atomic E-state index is 12.5. The molecule has 0 aliphatic carbocycles. The molecule has 0 bridgehead atoms. The SMILES string of the molecule is CCCN(C(=O)Cc1ccc(Cl)c(Cl)c1)C1CCNC1.Cl. The van der Waals surface area contributed by atoms with Crippen LogP contribution in [0, 0.1) is 0 Å². The van der Waals surface area contributed by atoms with E-state index in [2.05, 4.69) is 12.2 Å². The van der Waals surface area contributed by atoms with Crippen molar-refractivity contribution in [2.45, 2.75) is 32.2 Å². The van der Waals surface area contributed by atoms with Crippen LogP contribution in [0.3, 0.4) is 0 Å². The molecule has 0 saturated carbocycles. The van der Waals surface area contributed by atoms with Gasteiger partial charge in [0.1, 0.15) is 0 Å². The first kappa shape index (κ1) is 18.6. The van der Waals surface area contributed by atoms with Crippen molar-refractivity contribution in [1.82, 2.24) is 10.2 Å². The summed E-state index contributed by atoms with van der Waals surface area (Å²) in [6, 6.07) is 5.71. The maximum absolute atomic E-state index is 12.5. The van der Waals surface area contributed by atoms with E-state index >= 15 is 0 Å². The largest absolute Gasteiger partial charge is 0.338 e. The number of hydrogen-bond donors (Lipinski definition) is 1. The first-order chi connectivity index (χ1) is 9.61. The standard InChI is InChI=1S/C15H20Cl2N2O.ClH/c1-2-7-19(12-5-6-18-10-12)15(20)9-11-3-4-13(16)14(17)8-11;/h3-4,8,12,18H,2,5-7,9-10H2,1H3;1H. The predicted molar refractivity (Wildman–Crippen MR) is 90.7 cm³/mol. The molecular formula is C15H21Cl3N2O. The van der Waals surface area contributed by atoms with Crippen molar-refractivity contribution in [1.29, 1.82) is 0 Å². The molecule has 1 aromatic carbocycles. The van der Waals surface area contributed by atoms with E-state index in [1.807, 2.05) is 11.0 Å². The maximum Gasteiger partial charge on any atom is 0.227 e. The van der Waals surface area contributed by atoms with E-state index in [4.69, 9.17) is 23.2 Å². The monoisotopic (exact) mass is 350 g/mol. The van der Waals surface area contributed by atoms with Gasteiger partial charge in [0.15, 0.2) is 0 Å². The average molecular weight is 352 g/mol. The molecule has 1 atom stereocenters. The minimum Gasteiger partial charge on any atom is -0.338 e. The van der Waals surface area contributed by atoms with E-state index in [0.717, 1.165) is 38.0 Å². The van der Waals surface area contributed by atoms with Gasteiger partial charge in [-0.1, -0.05) is 36.2 Å². The molecule has 21 heavy (non-hydrogen) atoms. The first-order valence-corrected chi connectivity index (χ1v) is 7.81. The molecule has 118 valence electrons. The highest BCUT2D eigenvalue weighted by molar-refractivity contribution is 6.42. The fourth-order valence-corrected chi connectivity index (χ4v) is 2.90. The summed E-state index contributed by atoms with van der Waals surface area (Å²) in [6.07, 6.45) is 2.39. The van der Waals surface area contributed by atoms with Gasteiger partial charge in [0.2, 0.25) is 5.91 Å². The highest BCUT2D eigenvalue weighted by Crippen LogP contribution is 2.23. The smallest absolute Gasteiger partial charge is 0.227 e. The Balaban J connectivity index is 0.00000220. The van der Waals surface area contributed by atoms with Crippen molar-refractivity contribution < 1.29 is 4.79 Å². The minimum absolute atomic E-state index is 0. The summed E-state index contributed by atoms with van der Waals surface area (Å²) in [5.74, 6) is 0.166. The lowest BCUT2D eigenvalue weighted by atomic mass is 10.1.